The highest BCUT2D eigenvalue weighted by Crippen LogP contribution is 2.35. The number of benzene rings is 1. The molecule has 2 aliphatic rings. The Morgan fingerprint density at radius 1 is 1.04 bits per heavy atom. The number of anilines is 1. The van der Waals surface area contributed by atoms with Crippen molar-refractivity contribution in [3.63, 3.8) is 0 Å². The minimum atomic E-state index is -0.00671. The van der Waals surface area contributed by atoms with Gasteiger partial charge in [-0.2, -0.15) is 0 Å². The number of Topliss-reactive ketones (excluding diaryl/α,β-unsaturated/α-hetero) is 1. The molecule has 0 atom stereocenters. The van der Waals surface area contributed by atoms with Crippen LogP contribution in [-0.2, 0) is 0 Å². The van der Waals surface area contributed by atoms with Crippen LogP contribution in [0.15, 0.2) is 24.3 Å². The number of carbonyl (C=O) groups excluding carboxylic acids is 2. The van der Waals surface area contributed by atoms with Crippen molar-refractivity contribution in [3.8, 4) is 0 Å². The molecule has 4 nitrogen and oxygen atoms in total. The topological polar surface area (TPSA) is 49.4 Å². The molecule has 0 unspecified atom stereocenters. The second-order valence-corrected chi connectivity index (χ2v) is 7.12. The first-order valence-corrected chi connectivity index (χ1v) is 8.75. The predicted octanol–water partition coefficient (Wildman–Crippen LogP) is 4.46. The molecule has 2 saturated carbocycles. The molecule has 2 amide bonds. The fourth-order valence-electron chi connectivity index (χ4n) is 3.51. The first-order valence-electron chi connectivity index (χ1n) is 8.75. The van der Waals surface area contributed by atoms with E-state index in [1.165, 1.54) is 12.8 Å². The third-order valence-corrected chi connectivity index (χ3v) is 5.07. The Balaban J connectivity index is 1.69. The summed E-state index contributed by atoms with van der Waals surface area (Å²) >= 11 is 0. The summed E-state index contributed by atoms with van der Waals surface area (Å²) in [5.74, 6) is 0.795. The van der Waals surface area contributed by atoms with Gasteiger partial charge in [-0.05, 0) is 63.5 Å². The SMILES string of the molecule is CC(=O)c1cccc(NC(=O)N(C2CCC(C)CC2)C2CC2)c1. The standard InChI is InChI=1S/C19H26N2O2/c1-13-6-8-17(9-7-13)21(18-10-11-18)19(23)20-16-5-3-4-15(12-16)14(2)22/h3-5,12-13,17-18H,6-11H2,1-2H3,(H,20,23). The van der Waals surface area contributed by atoms with Gasteiger partial charge >= 0.3 is 6.03 Å². The molecule has 0 aromatic heterocycles. The highest BCUT2D eigenvalue weighted by Gasteiger charge is 2.38. The molecule has 0 radical (unpaired) electrons. The molecule has 0 heterocycles. The van der Waals surface area contributed by atoms with Crippen molar-refractivity contribution in [2.45, 2.75) is 64.5 Å². The van der Waals surface area contributed by atoms with E-state index in [1.807, 2.05) is 12.1 Å². The van der Waals surface area contributed by atoms with E-state index in [9.17, 15) is 9.59 Å². The van der Waals surface area contributed by atoms with Crippen LogP contribution in [0.3, 0.4) is 0 Å². The van der Waals surface area contributed by atoms with Crippen molar-refractivity contribution in [3.05, 3.63) is 29.8 Å². The van der Waals surface area contributed by atoms with Gasteiger partial charge in [0.05, 0.1) is 0 Å². The Bertz CT molecular complexity index is 587. The quantitative estimate of drug-likeness (QED) is 0.834. The minimum Gasteiger partial charge on any atom is -0.319 e. The van der Waals surface area contributed by atoms with E-state index in [0.717, 1.165) is 31.6 Å². The van der Waals surface area contributed by atoms with Crippen molar-refractivity contribution < 1.29 is 9.59 Å². The lowest BCUT2D eigenvalue weighted by Crippen LogP contribution is -2.45. The van der Waals surface area contributed by atoms with Crippen LogP contribution in [0.2, 0.25) is 0 Å². The summed E-state index contributed by atoms with van der Waals surface area (Å²) in [6.07, 6.45) is 6.87. The number of nitrogens with zero attached hydrogens (tertiary/aromatic N) is 1. The van der Waals surface area contributed by atoms with E-state index in [1.54, 1.807) is 19.1 Å². The van der Waals surface area contributed by atoms with Crippen LogP contribution in [0.5, 0.6) is 0 Å². The molecule has 2 fully saturated rings. The molecule has 1 aromatic rings. The minimum absolute atomic E-state index is 0.00671. The molecular formula is C19H26N2O2. The average Bonchev–Trinajstić information content (AvgIpc) is 3.34. The zero-order valence-corrected chi connectivity index (χ0v) is 14.0. The Morgan fingerprint density at radius 3 is 2.22 bits per heavy atom. The second kappa shape index (κ2) is 6.73. The first kappa shape index (κ1) is 16.0. The summed E-state index contributed by atoms with van der Waals surface area (Å²) < 4.78 is 0. The number of carbonyl (C=O) groups is 2. The molecule has 0 saturated heterocycles. The summed E-state index contributed by atoms with van der Waals surface area (Å²) in [5.41, 5.74) is 1.34. The predicted molar refractivity (Wildman–Crippen MR) is 91.7 cm³/mol. The van der Waals surface area contributed by atoms with Crippen molar-refractivity contribution in [1.82, 2.24) is 4.90 Å². The van der Waals surface area contributed by atoms with Gasteiger partial charge in [0.1, 0.15) is 0 Å². The molecule has 4 heteroatoms. The van der Waals surface area contributed by atoms with Crippen LogP contribution in [0, 0.1) is 5.92 Å². The number of nitrogens with one attached hydrogen (secondary N) is 1. The van der Waals surface area contributed by atoms with Crippen LogP contribution in [0.25, 0.3) is 0 Å². The van der Waals surface area contributed by atoms with Gasteiger partial charge in [-0.3, -0.25) is 4.79 Å². The third-order valence-electron chi connectivity index (χ3n) is 5.07. The fourth-order valence-corrected chi connectivity index (χ4v) is 3.51. The number of amides is 2. The molecule has 23 heavy (non-hydrogen) atoms. The zero-order valence-electron chi connectivity index (χ0n) is 14.0. The largest absolute Gasteiger partial charge is 0.322 e. The molecule has 124 valence electrons. The summed E-state index contributed by atoms with van der Waals surface area (Å²) in [6.45, 7) is 3.84. The van der Waals surface area contributed by atoms with E-state index in [-0.39, 0.29) is 11.8 Å². The average molecular weight is 314 g/mol. The van der Waals surface area contributed by atoms with Crippen LogP contribution in [0.4, 0.5) is 10.5 Å². The second-order valence-electron chi connectivity index (χ2n) is 7.12. The van der Waals surface area contributed by atoms with Crippen molar-refractivity contribution in [2.24, 2.45) is 5.92 Å². The van der Waals surface area contributed by atoms with E-state index in [0.29, 0.717) is 23.3 Å². The lowest BCUT2D eigenvalue weighted by atomic mass is 9.86. The van der Waals surface area contributed by atoms with Gasteiger partial charge in [0.15, 0.2) is 5.78 Å². The molecule has 1 N–H and O–H groups in total. The van der Waals surface area contributed by atoms with E-state index >= 15 is 0 Å². The van der Waals surface area contributed by atoms with Gasteiger partial charge in [-0.25, -0.2) is 4.79 Å². The highest BCUT2D eigenvalue weighted by molar-refractivity contribution is 5.96. The normalized spacial score (nSPS) is 24.1. The van der Waals surface area contributed by atoms with Gasteiger partial charge in [0, 0.05) is 23.3 Å². The summed E-state index contributed by atoms with van der Waals surface area (Å²) in [7, 11) is 0. The van der Waals surface area contributed by atoms with Gasteiger partial charge in [0.25, 0.3) is 0 Å². The number of urea groups is 1. The Labute approximate surface area is 138 Å². The maximum Gasteiger partial charge on any atom is 0.322 e. The van der Waals surface area contributed by atoms with Crippen molar-refractivity contribution in [2.75, 3.05) is 5.32 Å². The maximum atomic E-state index is 12.8. The van der Waals surface area contributed by atoms with Crippen LogP contribution in [-0.4, -0.2) is 28.8 Å². The smallest absolute Gasteiger partial charge is 0.319 e. The number of hydrogen-bond donors (Lipinski definition) is 1. The van der Waals surface area contributed by atoms with Crippen LogP contribution < -0.4 is 5.32 Å². The first-order chi connectivity index (χ1) is 11.0. The number of ketones is 1. The van der Waals surface area contributed by atoms with Crippen molar-refractivity contribution >= 4 is 17.5 Å². The highest BCUT2D eigenvalue weighted by atomic mass is 16.2. The molecule has 0 spiro atoms. The van der Waals surface area contributed by atoms with E-state index in [2.05, 4.69) is 17.1 Å². The molecule has 2 aliphatic carbocycles. The molecule has 3 rings (SSSR count). The van der Waals surface area contributed by atoms with Gasteiger partial charge in [-0.15, -0.1) is 0 Å². The summed E-state index contributed by atoms with van der Waals surface area (Å²) in [5, 5.41) is 3.00. The fraction of sp³-hybridized carbons (Fsp3) is 0.579. The maximum absolute atomic E-state index is 12.8. The van der Waals surface area contributed by atoms with Crippen LogP contribution >= 0.6 is 0 Å². The molecule has 0 bridgehead atoms. The van der Waals surface area contributed by atoms with Crippen LogP contribution in [0.1, 0.15) is 62.7 Å². The summed E-state index contributed by atoms with van der Waals surface area (Å²) in [6, 6.07) is 7.97. The van der Waals surface area contributed by atoms with Crippen molar-refractivity contribution in [1.29, 1.82) is 0 Å². The Hall–Kier alpha value is -1.84. The summed E-state index contributed by atoms with van der Waals surface area (Å²) in [4.78, 5) is 26.4. The monoisotopic (exact) mass is 314 g/mol. The lowest BCUT2D eigenvalue weighted by Gasteiger charge is -2.36. The van der Waals surface area contributed by atoms with Gasteiger partial charge < -0.3 is 10.2 Å². The third kappa shape index (κ3) is 3.92. The van der Waals surface area contributed by atoms with E-state index < -0.39 is 0 Å². The number of rotatable bonds is 4. The Kier molecular flexibility index (Phi) is 4.69. The molecular weight excluding hydrogens is 288 g/mol. The molecule has 0 aliphatic heterocycles. The van der Waals surface area contributed by atoms with E-state index in [4.69, 9.17) is 0 Å². The zero-order chi connectivity index (χ0) is 16.4. The van der Waals surface area contributed by atoms with Gasteiger partial charge in [-0.1, -0.05) is 19.1 Å². The van der Waals surface area contributed by atoms with Gasteiger partial charge in [0.2, 0.25) is 0 Å². The lowest BCUT2D eigenvalue weighted by molar-refractivity contribution is 0.101. The Morgan fingerprint density at radius 2 is 1.65 bits per heavy atom. The molecule has 1 aromatic carbocycles. The number of hydrogen-bond acceptors (Lipinski definition) is 2.